The molecule has 0 rings (SSSR count). The molecule has 0 unspecified atom stereocenters. The first-order valence-corrected chi connectivity index (χ1v) is 7.71. The van der Waals surface area contributed by atoms with Gasteiger partial charge in [0.15, 0.2) is 0 Å². The van der Waals surface area contributed by atoms with Gasteiger partial charge in [0.25, 0.3) is 10.1 Å². The summed E-state index contributed by atoms with van der Waals surface area (Å²) in [7, 11) is -4.90. The van der Waals surface area contributed by atoms with Crippen molar-refractivity contribution >= 4 is 17.9 Å². The highest BCUT2D eigenvalue weighted by Crippen LogP contribution is 2.47. The summed E-state index contributed by atoms with van der Waals surface area (Å²) in [5.74, 6) is -0.279. The Bertz CT molecular complexity index is 318. The standard InChI is InChI=1S/C7H17O7PS/c1-12-15(8,13-2)14-6-4-3-5-7-16(9,10)11/h3-7H2,1-2H3,(H,9,10,11). The average Bonchev–Trinajstić information content (AvgIpc) is 2.21. The molecule has 0 radical (unpaired) electrons. The van der Waals surface area contributed by atoms with Crippen LogP contribution in [0.4, 0.5) is 0 Å². The molecule has 0 aliphatic carbocycles. The summed E-state index contributed by atoms with van der Waals surface area (Å²) in [6.07, 6.45) is 1.37. The van der Waals surface area contributed by atoms with Gasteiger partial charge in [-0.1, -0.05) is 6.42 Å². The summed E-state index contributed by atoms with van der Waals surface area (Å²) in [6, 6.07) is 0. The van der Waals surface area contributed by atoms with E-state index in [9.17, 15) is 13.0 Å². The van der Waals surface area contributed by atoms with E-state index in [4.69, 9.17) is 9.08 Å². The van der Waals surface area contributed by atoms with Crippen LogP contribution < -0.4 is 0 Å². The molecule has 0 aliphatic rings. The van der Waals surface area contributed by atoms with E-state index in [0.717, 1.165) is 0 Å². The quantitative estimate of drug-likeness (QED) is 0.386. The molecule has 0 heterocycles. The fourth-order valence-electron chi connectivity index (χ4n) is 0.920. The molecule has 0 aliphatic heterocycles. The first-order valence-electron chi connectivity index (χ1n) is 4.64. The predicted molar refractivity (Wildman–Crippen MR) is 57.8 cm³/mol. The average molecular weight is 276 g/mol. The topological polar surface area (TPSA) is 99.1 Å². The van der Waals surface area contributed by atoms with E-state index in [1.165, 1.54) is 14.2 Å². The number of unbranched alkanes of at least 4 members (excludes halogenated alkanes) is 2. The third-order valence-corrected chi connectivity index (χ3v) is 3.94. The predicted octanol–water partition coefficient (Wildman–Crippen LogP) is 1.46. The van der Waals surface area contributed by atoms with Crippen LogP contribution in [-0.2, 0) is 28.3 Å². The van der Waals surface area contributed by atoms with Crippen molar-refractivity contribution in [3.63, 3.8) is 0 Å². The normalized spacial score (nSPS) is 12.9. The zero-order chi connectivity index (χ0) is 12.7. The lowest BCUT2D eigenvalue weighted by atomic mass is 10.3. The van der Waals surface area contributed by atoms with E-state index in [1.807, 2.05) is 0 Å². The Labute approximate surface area is 95.4 Å². The van der Waals surface area contributed by atoms with Crippen molar-refractivity contribution in [2.45, 2.75) is 19.3 Å². The highest BCUT2D eigenvalue weighted by Gasteiger charge is 2.21. The summed E-state index contributed by atoms with van der Waals surface area (Å²) in [5, 5.41) is 0. The third-order valence-electron chi connectivity index (χ3n) is 1.74. The van der Waals surface area contributed by atoms with Gasteiger partial charge in [0.2, 0.25) is 0 Å². The Morgan fingerprint density at radius 1 is 1.12 bits per heavy atom. The molecule has 0 aromatic carbocycles. The van der Waals surface area contributed by atoms with Gasteiger partial charge in [0, 0.05) is 14.2 Å². The fraction of sp³-hybridized carbons (Fsp3) is 1.00. The Balaban J connectivity index is 3.58. The second-order valence-corrected chi connectivity index (χ2v) is 6.45. The Morgan fingerprint density at radius 3 is 2.12 bits per heavy atom. The van der Waals surface area contributed by atoms with Gasteiger partial charge in [-0.2, -0.15) is 8.42 Å². The van der Waals surface area contributed by atoms with Gasteiger partial charge in [-0.15, -0.1) is 0 Å². The smallest absolute Gasteiger partial charge is 0.290 e. The van der Waals surface area contributed by atoms with E-state index in [1.54, 1.807) is 0 Å². The van der Waals surface area contributed by atoms with Gasteiger partial charge >= 0.3 is 7.82 Å². The van der Waals surface area contributed by atoms with Crippen molar-refractivity contribution in [1.29, 1.82) is 0 Å². The number of hydrogen-bond acceptors (Lipinski definition) is 6. The number of hydrogen-bond donors (Lipinski definition) is 1. The zero-order valence-electron chi connectivity index (χ0n) is 9.29. The molecule has 0 spiro atoms. The zero-order valence-corrected chi connectivity index (χ0v) is 11.0. The SMILES string of the molecule is COP(=O)(OC)OCCCCCS(=O)(=O)O. The summed E-state index contributed by atoms with van der Waals surface area (Å²) >= 11 is 0. The molecule has 7 nitrogen and oxygen atoms in total. The summed E-state index contributed by atoms with van der Waals surface area (Å²) in [5.41, 5.74) is 0. The molecule has 0 amide bonds. The van der Waals surface area contributed by atoms with Crippen molar-refractivity contribution in [2.24, 2.45) is 0 Å². The second-order valence-electron chi connectivity index (χ2n) is 2.99. The minimum atomic E-state index is -3.89. The van der Waals surface area contributed by atoms with Crippen LogP contribution in [0.2, 0.25) is 0 Å². The van der Waals surface area contributed by atoms with Gasteiger partial charge in [-0.3, -0.25) is 18.1 Å². The minimum absolute atomic E-state index is 0.143. The molecule has 0 saturated heterocycles. The molecule has 98 valence electrons. The van der Waals surface area contributed by atoms with Crippen LogP contribution in [0.5, 0.6) is 0 Å². The molecule has 9 heteroatoms. The highest BCUT2D eigenvalue weighted by atomic mass is 32.2. The summed E-state index contributed by atoms with van der Waals surface area (Å²) in [4.78, 5) is 0. The van der Waals surface area contributed by atoms with Gasteiger partial charge in [-0.25, -0.2) is 4.57 Å². The minimum Gasteiger partial charge on any atom is -0.290 e. The summed E-state index contributed by atoms with van der Waals surface area (Å²) in [6.45, 7) is 0.143. The van der Waals surface area contributed by atoms with Crippen molar-refractivity contribution in [3.05, 3.63) is 0 Å². The molecule has 16 heavy (non-hydrogen) atoms. The Kier molecular flexibility index (Phi) is 7.38. The maximum Gasteiger partial charge on any atom is 0.474 e. The molecule has 0 aromatic heterocycles. The first-order chi connectivity index (χ1) is 7.33. The molecule has 0 atom stereocenters. The molecular formula is C7H17O7PS. The molecule has 0 bridgehead atoms. The second kappa shape index (κ2) is 7.37. The van der Waals surface area contributed by atoms with E-state index in [0.29, 0.717) is 19.3 Å². The number of phosphoric ester groups is 1. The highest BCUT2D eigenvalue weighted by molar-refractivity contribution is 7.85. The third kappa shape index (κ3) is 8.20. The van der Waals surface area contributed by atoms with Crippen LogP contribution in [0, 0.1) is 0 Å². The lowest BCUT2D eigenvalue weighted by Crippen LogP contribution is -2.04. The van der Waals surface area contributed by atoms with Crippen molar-refractivity contribution in [1.82, 2.24) is 0 Å². The van der Waals surface area contributed by atoms with E-state index in [2.05, 4.69) is 9.05 Å². The Morgan fingerprint density at radius 2 is 1.69 bits per heavy atom. The van der Waals surface area contributed by atoms with Crippen LogP contribution in [-0.4, -0.2) is 39.5 Å². The molecule has 1 N–H and O–H groups in total. The fourth-order valence-corrected chi connectivity index (χ4v) is 2.20. The maximum atomic E-state index is 11.3. The number of phosphoric acid groups is 1. The van der Waals surface area contributed by atoms with E-state index in [-0.39, 0.29) is 12.4 Å². The van der Waals surface area contributed by atoms with Gasteiger partial charge in [0.05, 0.1) is 12.4 Å². The van der Waals surface area contributed by atoms with Crippen molar-refractivity contribution in [2.75, 3.05) is 26.6 Å². The van der Waals surface area contributed by atoms with Crippen LogP contribution >= 0.6 is 7.82 Å². The monoisotopic (exact) mass is 276 g/mol. The van der Waals surface area contributed by atoms with Crippen LogP contribution in [0.1, 0.15) is 19.3 Å². The van der Waals surface area contributed by atoms with Crippen LogP contribution in [0.3, 0.4) is 0 Å². The molecule has 0 aromatic rings. The van der Waals surface area contributed by atoms with E-state index >= 15 is 0 Å². The van der Waals surface area contributed by atoms with E-state index < -0.39 is 17.9 Å². The molecule has 0 fully saturated rings. The van der Waals surface area contributed by atoms with Gasteiger partial charge in [0.1, 0.15) is 0 Å². The van der Waals surface area contributed by atoms with Gasteiger partial charge < -0.3 is 0 Å². The van der Waals surface area contributed by atoms with Gasteiger partial charge in [-0.05, 0) is 12.8 Å². The van der Waals surface area contributed by atoms with Crippen molar-refractivity contribution in [3.8, 4) is 0 Å². The maximum absolute atomic E-state index is 11.3. The summed E-state index contributed by atoms with van der Waals surface area (Å²) < 4.78 is 54.4. The largest absolute Gasteiger partial charge is 0.474 e. The van der Waals surface area contributed by atoms with Crippen LogP contribution in [0.25, 0.3) is 0 Å². The first kappa shape index (κ1) is 16.0. The Hall–Kier alpha value is 0.0200. The molecule has 0 saturated carbocycles. The lowest BCUT2D eigenvalue weighted by molar-refractivity contribution is 0.150. The lowest BCUT2D eigenvalue weighted by Gasteiger charge is -2.12. The molecular weight excluding hydrogens is 259 g/mol. The van der Waals surface area contributed by atoms with Crippen LogP contribution in [0.15, 0.2) is 0 Å². The van der Waals surface area contributed by atoms with Crippen molar-refractivity contribution < 1.29 is 31.1 Å². The number of rotatable bonds is 9.